The molecular weight excluding hydrogens is 184 g/mol. The fourth-order valence-electron chi connectivity index (χ4n) is 1.48. The quantitative estimate of drug-likeness (QED) is 0.660. The third-order valence-electron chi connectivity index (χ3n) is 2.15. The molecule has 0 unspecified atom stereocenters. The van der Waals surface area contributed by atoms with E-state index in [1.54, 1.807) is 6.26 Å². The molecule has 0 saturated carbocycles. The molecule has 0 aromatic heterocycles. The molecule has 0 heterocycles. The highest BCUT2D eigenvalue weighted by Crippen LogP contribution is 2.10. The van der Waals surface area contributed by atoms with Crippen molar-refractivity contribution in [3.8, 4) is 0 Å². The van der Waals surface area contributed by atoms with Crippen LogP contribution in [0.1, 0.15) is 31.9 Å². The summed E-state index contributed by atoms with van der Waals surface area (Å²) in [5, 5.41) is 0. The van der Waals surface area contributed by atoms with Crippen LogP contribution in [-0.2, 0) is 17.8 Å². The molecule has 0 aliphatic carbocycles. The molecule has 0 saturated heterocycles. The van der Waals surface area contributed by atoms with Gasteiger partial charge in [-0.1, -0.05) is 44.2 Å². The molecule has 0 N–H and O–H groups in total. The largest absolute Gasteiger partial charge is 0.497 e. The van der Waals surface area contributed by atoms with E-state index in [1.807, 2.05) is 13.0 Å². The number of benzene rings is 1. The molecule has 0 aliphatic heterocycles. The van der Waals surface area contributed by atoms with E-state index in [2.05, 4.69) is 38.1 Å². The van der Waals surface area contributed by atoms with Gasteiger partial charge in [-0.25, -0.2) is 0 Å². The maximum atomic E-state index is 5.31. The summed E-state index contributed by atoms with van der Waals surface area (Å²) in [7, 11) is 0. The van der Waals surface area contributed by atoms with Crippen LogP contribution in [0.25, 0.3) is 0 Å². The minimum Gasteiger partial charge on any atom is -0.497 e. The molecule has 0 aliphatic rings. The van der Waals surface area contributed by atoms with E-state index < -0.39 is 0 Å². The van der Waals surface area contributed by atoms with Crippen LogP contribution in [0.2, 0.25) is 0 Å². The number of hydrogen-bond donors (Lipinski definition) is 0. The van der Waals surface area contributed by atoms with Crippen LogP contribution in [0.5, 0.6) is 0 Å². The van der Waals surface area contributed by atoms with E-state index >= 15 is 0 Å². The van der Waals surface area contributed by atoms with Crippen molar-refractivity contribution in [1.29, 1.82) is 0 Å². The fraction of sp³-hybridized carbons (Fsp3) is 0.429. The van der Waals surface area contributed by atoms with Gasteiger partial charge in [0.1, 0.15) is 6.61 Å². The molecule has 1 rings (SSSR count). The van der Waals surface area contributed by atoms with E-state index in [4.69, 9.17) is 4.74 Å². The third-order valence-corrected chi connectivity index (χ3v) is 2.15. The first-order valence-corrected chi connectivity index (χ1v) is 5.53. The van der Waals surface area contributed by atoms with Gasteiger partial charge in [-0.15, -0.1) is 0 Å². The predicted octanol–water partition coefficient (Wildman–Crippen LogP) is 3.94. The molecule has 0 amide bonds. The van der Waals surface area contributed by atoms with Gasteiger partial charge < -0.3 is 4.74 Å². The topological polar surface area (TPSA) is 9.23 Å². The van der Waals surface area contributed by atoms with Gasteiger partial charge in [0.25, 0.3) is 0 Å². The predicted molar refractivity (Wildman–Crippen MR) is 64.6 cm³/mol. The SMILES string of the molecule is CC=COCc1ccc(CC(C)C)cc1. The zero-order chi connectivity index (χ0) is 11.1. The van der Waals surface area contributed by atoms with Gasteiger partial charge in [0.05, 0.1) is 6.26 Å². The van der Waals surface area contributed by atoms with Gasteiger partial charge >= 0.3 is 0 Å². The second-order valence-electron chi connectivity index (χ2n) is 4.19. The van der Waals surface area contributed by atoms with Crippen LogP contribution in [-0.4, -0.2) is 0 Å². The molecule has 82 valence electrons. The average molecular weight is 204 g/mol. The van der Waals surface area contributed by atoms with E-state index in [0.29, 0.717) is 6.61 Å². The molecule has 15 heavy (non-hydrogen) atoms. The summed E-state index contributed by atoms with van der Waals surface area (Å²) >= 11 is 0. The summed E-state index contributed by atoms with van der Waals surface area (Å²) in [5.74, 6) is 0.718. The van der Waals surface area contributed by atoms with Crippen LogP contribution >= 0.6 is 0 Å². The third kappa shape index (κ3) is 4.68. The Balaban J connectivity index is 2.48. The molecule has 1 nitrogen and oxygen atoms in total. The minimum atomic E-state index is 0.659. The molecule has 1 aromatic carbocycles. The van der Waals surface area contributed by atoms with E-state index in [9.17, 15) is 0 Å². The van der Waals surface area contributed by atoms with Crippen molar-refractivity contribution in [2.45, 2.75) is 33.8 Å². The van der Waals surface area contributed by atoms with E-state index in [1.165, 1.54) is 11.1 Å². The first-order chi connectivity index (χ1) is 7.22. The van der Waals surface area contributed by atoms with Crippen molar-refractivity contribution in [2.24, 2.45) is 5.92 Å². The lowest BCUT2D eigenvalue weighted by Crippen LogP contribution is -1.94. The number of allylic oxidation sites excluding steroid dienone is 1. The van der Waals surface area contributed by atoms with Crippen LogP contribution in [0, 0.1) is 5.92 Å². The van der Waals surface area contributed by atoms with Crippen molar-refractivity contribution in [3.05, 3.63) is 47.7 Å². The molecule has 0 radical (unpaired) electrons. The highest BCUT2D eigenvalue weighted by Gasteiger charge is 1.97. The van der Waals surface area contributed by atoms with Gasteiger partial charge in [-0.05, 0) is 30.4 Å². The Kier molecular flexibility index (Phi) is 4.96. The Bertz CT molecular complexity index is 296. The zero-order valence-electron chi connectivity index (χ0n) is 9.86. The fourth-order valence-corrected chi connectivity index (χ4v) is 1.48. The maximum absolute atomic E-state index is 5.31. The summed E-state index contributed by atoms with van der Waals surface area (Å²) in [4.78, 5) is 0. The highest BCUT2D eigenvalue weighted by atomic mass is 16.5. The molecule has 0 fully saturated rings. The van der Waals surface area contributed by atoms with Crippen molar-refractivity contribution in [3.63, 3.8) is 0 Å². The van der Waals surface area contributed by atoms with E-state index in [-0.39, 0.29) is 0 Å². The molecule has 1 aromatic rings. The number of hydrogen-bond acceptors (Lipinski definition) is 1. The van der Waals surface area contributed by atoms with Gasteiger partial charge in [-0.2, -0.15) is 0 Å². The monoisotopic (exact) mass is 204 g/mol. The lowest BCUT2D eigenvalue weighted by atomic mass is 10.0. The molecule has 0 spiro atoms. The average Bonchev–Trinajstić information content (AvgIpc) is 2.20. The summed E-state index contributed by atoms with van der Waals surface area (Å²) in [6, 6.07) is 8.66. The summed E-state index contributed by atoms with van der Waals surface area (Å²) in [6.45, 7) is 7.09. The molecule has 1 heteroatoms. The highest BCUT2D eigenvalue weighted by molar-refractivity contribution is 5.22. The molecular formula is C14H20O. The first kappa shape index (κ1) is 11.8. The summed E-state index contributed by atoms with van der Waals surface area (Å²) < 4.78 is 5.31. The number of ether oxygens (including phenoxy) is 1. The minimum absolute atomic E-state index is 0.659. The van der Waals surface area contributed by atoms with Gasteiger partial charge in [-0.3, -0.25) is 0 Å². The second-order valence-corrected chi connectivity index (χ2v) is 4.19. The zero-order valence-corrected chi connectivity index (χ0v) is 9.86. The Morgan fingerprint density at radius 2 is 1.73 bits per heavy atom. The van der Waals surface area contributed by atoms with E-state index in [0.717, 1.165) is 12.3 Å². The van der Waals surface area contributed by atoms with Crippen LogP contribution in [0.3, 0.4) is 0 Å². The Hall–Kier alpha value is -1.24. The van der Waals surface area contributed by atoms with Crippen molar-refractivity contribution in [1.82, 2.24) is 0 Å². The van der Waals surface area contributed by atoms with Crippen LogP contribution in [0.15, 0.2) is 36.6 Å². The smallest absolute Gasteiger partial charge is 0.112 e. The van der Waals surface area contributed by atoms with Crippen molar-refractivity contribution in [2.75, 3.05) is 0 Å². The van der Waals surface area contributed by atoms with Gasteiger partial charge in [0.2, 0.25) is 0 Å². The Morgan fingerprint density at radius 3 is 2.27 bits per heavy atom. The van der Waals surface area contributed by atoms with Crippen LogP contribution < -0.4 is 0 Å². The van der Waals surface area contributed by atoms with Gasteiger partial charge in [0, 0.05) is 0 Å². The summed E-state index contributed by atoms with van der Waals surface area (Å²) in [5.41, 5.74) is 2.63. The standard InChI is InChI=1S/C14H20O/c1-4-9-15-11-14-7-5-13(6-8-14)10-12(2)3/h4-9,12H,10-11H2,1-3H3. The van der Waals surface area contributed by atoms with Gasteiger partial charge in [0.15, 0.2) is 0 Å². The number of rotatable bonds is 5. The van der Waals surface area contributed by atoms with Crippen LogP contribution in [0.4, 0.5) is 0 Å². The lowest BCUT2D eigenvalue weighted by molar-refractivity contribution is 0.236. The van der Waals surface area contributed by atoms with Crippen molar-refractivity contribution >= 4 is 0 Å². The summed E-state index contributed by atoms with van der Waals surface area (Å²) in [6.07, 6.45) is 4.77. The second kappa shape index (κ2) is 6.28. The maximum Gasteiger partial charge on any atom is 0.112 e. The molecule has 0 atom stereocenters. The molecule has 0 bridgehead atoms. The normalized spacial score (nSPS) is 11.2. The lowest BCUT2D eigenvalue weighted by Gasteiger charge is -2.06. The Morgan fingerprint density at radius 1 is 1.13 bits per heavy atom. The Labute approximate surface area is 92.8 Å². The van der Waals surface area contributed by atoms with Crippen molar-refractivity contribution < 1.29 is 4.74 Å². The first-order valence-electron chi connectivity index (χ1n) is 5.53.